The number of halogens is 1. The maximum atomic E-state index is 12.0. The SMILES string of the molecule is CCOC(=O)c1cc2ccc(-c3ccc(Cl)cc3)cc2oc1=O. The zero-order valence-electron chi connectivity index (χ0n) is 12.3. The average Bonchev–Trinajstić information content (AvgIpc) is 2.54. The molecule has 2 aromatic carbocycles. The van der Waals surface area contributed by atoms with Crippen LogP contribution < -0.4 is 5.63 Å². The van der Waals surface area contributed by atoms with Crippen LogP contribution in [0.15, 0.2) is 57.7 Å². The fourth-order valence-corrected chi connectivity index (χ4v) is 2.41. The predicted octanol–water partition coefficient (Wildman–Crippen LogP) is 4.29. The van der Waals surface area contributed by atoms with E-state index in [0.717, 1.165) is 11.1 Å². The fourth-order valence-electron chi connectivity index (χ4n) is 2.28. The van der Waals surface area contributed by atoms with E-state index in [1.165, 1.54) is 6.07 Å². The van der Waals surface area contributed by atoms with Gasteiger partial charge in [-0.2, -0.15) is 0 Å². The summed E-state index contributed by atoms with van der Waals surface area (Å²) in [5, 5.41) is 1.31. The van der Waals surface area contributed by atoms with Crippen LogP contribution >= 0.6 is 11.6 Å². The van der Waals surface area contributed by atoms with E-state index in [4.69, 9.17) is 20.8 Å². The Balaban J connectivity index is 2.07. The van der Waals surface area contributed by atoms with Gasteiger partial charge in [-0.05, 0) is 42.3 Å². The Morgan fingerprint density at radius 2 is 1.78 bits per heavy atom. The van der Waals surface area contributed by atoms with Crippen molar-refractivity contribution < 1.29 is 13.9 Å². The second-order valence-corrected chi connectivity index (χ2v) is 5.36. The molecule has 0 aliphatic rings. The van der Waals surface area contributed by atoms with E-state index in [0.29, 0.717) is 16.0 Å². The molecular weight excluding hydrogens is 316 g/mol. The second kappa shape index (κ2) is 6.26. The van der Waals surface area contributed by atoms with Gasteiger partial charge in [0.25, 0.3) is 0 Å². The van der Waals surface area contributed by atoms with Crippen molar-refractivity contribution >= 4 is 28.5 Å². The number of hydrogen-bond donors (Lipinski definition) is 0. The molecule has 0 unspecified atom stereocenters. The van der Waals surface area contributed by atoms with Gasteiger partial charge in [0, 0.05) is 10.4 Å². The van der Waals surface area contributed by atoms with Crippen molar-refractivity contribution in [3.05, 3.63) is 69.5 Å². The molecule has 1 heterocycles. The Morgan fingerprint density at radius 3 is 2.48 bits per heavy atom. The maximum Gasteiger partial charge on any atom is 0.351 e. The quantitative estimate of drug-likeness (QED) is 0.531. The standard InChI is InChI=1S/C18H13ClO4/c1-2-22-17(20)15-9-13-4-3-12(10-16(13)23-18(15)21)11-5-7-14(19)8-6-11/h3-10H,2H2,1H3. The summed E-state index contributed by atoms with van der Waals surface area (Å²) in [6, 6.07) is 14.3. The van der Waals surface area contributed by atoms with Gasteiger partial charge in [0.05, 0.1) is 6.61 Å². The highest BCUT2D eigenvalue weighted by Gasteiger charge is 2.15. The van der Waals surface area contributed by atoms with Crippen molar-refractivity contribution in [2.75, 3.05) is 6.61 Å². The first-order valence-corrected chi connectivity index (χ1v) is 7.47. The smallest absolute Gasteiger partial charge is 0.351 e. The molecule has 0 saturated carbocycles. The number of hydrogen-bond acceptors (Lipinski definition) is 4. The highest BCUT2D eigenvalue weighted by molar-refractivity contribution is 6.30. The van der Waals surface area contributed by atoms with Gasteiger partial charge in [0.2, 0.25) is 0 Å². The lowest BCUT2D eigenvalue weighted by Crippen LogP contribution is -2.16. The topological polar surface area (TPSA) is 56.5 Å². The van der Waals surface area contributed by atoms with Crippen molar-refractivity contribution in [3.8, 4) is 11.1 Å². The first-order valence-electron chi connectivity index (χ1n) is 7.09. The third-order valence-electron chi connectivity index (χ3n) is 3.41. The van der Waals surface area contributed by atoms with Gasteiger partial charge < -0.3 is 9.15 Å². The molecule has 3 rings (SSSR count). The number of rotatable bonds is 3. The molecule has 0 spiro atoms. The van der Waals surface area contributed by atoms with Crippen molar-refractivity contribution in [2.45, 2.75) is 6.92 Å². The molecule has 0 saturated heterocycles. The van der Waals surface area contributed by atoms with Gasteiger partial charge in [0.15, 0.2) is 0 Å². The number of carbonyl (C=O) groups excluding carboxylic acids is 1. The first kappa shape index (κ1) is 15.3. The summed E-state index contributed by atoms with van der Waals surface area (Å²) in [5.74, 6) is -0.676. The van der Waals surface area contributed by atoms with Gasteiger partial charge in [0.1, 0.15) is 11.1 Å². The average molecular weight is 329 g/mol. The van der Waals surface area contributed by atoms with E-state index in [2.05, 4.69) is 0 Å². The molecule has 0 radical (unpaired) electrons. The largest absolute Gasteiger partial charge is 0.462 e. The monoisotopic (exact) mass is 328 g/mol. The van der Waals surface area contributed by atoms with Gasteiger partial charge in [-0.15, -0.1) is 0 Å². The molecule has 0 N–H and O–H groups in total. The van der Waals surface area contributed by atoms with Gasteiger partial charge in [-0.3, -0.25) is 0 Å². The summed E-state index contributed by atoms with van der Waals surface area (Å²) < 4.78 is 10.1. The molecule has 116 valence electrons. The molecule has 5 heteroatoms. The Kier molecular flexibility index (Phi) is 4.17. The van der Waals surface area contributed by atoms with Gasteiger partial charge in [-0.25, -0.2) is 9.59 Å². The minimum atomic E-state index is -0.704. The lowest BCUT2D eigenvalue weighted by molar-refractivity contribution is 0.0522. The van der Waals surface area contributed by atoms with Crippen molar-refractivity contribution in [1.82, 2.24) is 0 Å². The van der Waals surface area contributed by atoms with Crippen LogP contribution in [0.25, 0.3) is 22.1 Å². The third-order valence-corrected chi connectivity index (χ3v) is 3.66. The summed E-state index contributed by atoms with van der Waals surface area (Å²) >= 11 is 5.88. The molecule has 1 aromatic heterocycles. The zero-order chi connectivity index (χ0) is 16.4. The number of carbonyl (C=O) groups is 1. The zero-order valence-corrected chi connectivity index (χ0v) is 13.1. The van der Waals surface area contributed by atoms with E-state index in [9.17, 15) is 9.59 Å². The van der Waals surface area contributed by atoms with E-state index >= 15 is 0 Å². The van der Waals surface area contributed by atoms with Crippen LogP contribution in [0.4, 0.5) is 0 Å². The minimum absolute atomic E-state index is 0.0985. The van der Waals surface area contributed by atoms with Gasteiger partial charge in [-0.1, -0.05) is 35.9 Å². The number of benzene rings is 2. The molecule has 0 fully saturated rings. The summed E-state index contributed by atoms with van der Waals surface area (Å²) in [6.45, 7) is 1.88. The Morgan fingerprint density at radius 1 is 1.09 bits per heavy atom. The Bertz CT molecular complexity index is 926. The molecular formula is C18H13ClO4. The molecule has 0 amide bonds. The molecule has 0 atom stereocenters. The van der Waals surface area contributed by atoms with Crippen LogP contribution in [-0.2, 0) is 4.74 Å². The normalized spacial score (nSPS) is 10.7. The third kappa shape index (κ3) is 3.12. The maximum absolute atomic E-state index is 12.0. The van der Waals surface area contributed by atoms with Crippen molar-refractivity contribution in [3.63, 3.8) is 0 Å². The first-order chi connectivity index (χ1) is 11.1. The highest BCUT2D eigenvalue weighted by atomic mass is 35.5. The summed E-state index contributed by atoms with van der Waals surface area (Å²) in [5.41, 5.74) is 1.45. The molecule has 23 heavy (non-hydrogen) atoms. The minimum Gasteiger partial charge on any atom is -0.462 e. The molecule has 0 bridgehead atoms. The Labute approximate surface area is 137 Å². The lowest BCUT2D eigenvalue weighted by Gasteiger charge is -2.05. The second-order valence-electron chi connectivity index (χ2n) is 4.93. The van der Waals surface area contributed by atoms with Crippen LogP contribution in [0, 0.1) is 0 Å². The summed E-state index contributed by atoms with van der Waals surface area (Å²) in [7, 11) is 0. The van der Waals surface area contributed by atoms with Crippen LogP contribution in [-0.4, -0.2) is 12.6 Å². The van der Waals surface area contributed by atoms with E-state index in [1.807, 2.05) is 18.2 Å². The van der Waals surface area contributed by atoms with Gasteiger partial charge >= 0.3 is 11.6 Å². The highest BCUT2D eigenvalue weighted by Crippen LogP contribution is 2.25. The van der Waals surface area contributed by atoms with E-state index in [-0.39, 0.29) is 12.2 Å². The van der Waals surface area contributed by atoms with E-state index in [1.54, 1.807) is 31.2 Å². The van der Waals surface area contributed by atoms with Crippen LogP contribution in [0.3, 0.4) is 0 Å². The molecule has 4 nitrogen and oxygen atoms in total. The summed E-state index contributed by atoms with van der Waals surface area (Å²) in [6.07, 6.45) is 0. The van der Waals surface area contributed by atoms with Crippen molar-refractivity contribution in [2.24, 2.45) is 0 Å². The fraction of sp³-hybridized carbons (Fsp3) is 0.111. The number of ether oxygens (including phenoxy) is 1. The molecule has 0 aliphatic heterocycles. The molecule has 0 aliphatic carbocycles. The van der Waals surface area contributed by atoms with E-state index < -0.39 is 11.6 Å². The molecule has 3 aromatic rings. The number of esters is 1. The summed E-state index contributed by atoms with van der Waals surface area (Å²) in [4.78, 5) is 23.7. The Hall–Kier alpha value is -2.59. The van der Waals surface area contributed by atoms with Crippen molar-refractivity contribution in [1.29, 1.82) is 0 Å². The predicted molar refractivity (Wildman–Crippen MR) is 88.9 cm³/mol. The number of fused-ring (bicyclic) bond motifs is 1. The van der Waals surface area contributed by atoms with Crippen LogP contribution in [0.5, 0.6) is 0 Å². The van der Waals surface area contributed by atoms with Crippen LogP contribution in [0.1, 0.15) is 17.3 Å². The lowest BCUT2D eigenvalue weighted by atomic mass is 10.0. The van der Waals surface area contributed by atoms with Crippen LogP contribution in [0.2, 0.25) is 5.02 Å².